The summed E-state index contributed by atoms with van der Waals surface area (Å²) >= 11 is 13.7. The van der Waals surface area contributed by atoms with Gasteiger partial charge in [-0.25, -0.2) is 4.98 Å². The second-order valence-electron chi connectivity index (χ2n) is 9.35. The number of hydrogen-bond donors (Lipinski definition) is 2. The molecule has 3 aliphatic carbocycles. The van der Waals surface area contributed by atoms with E-state index in [0.717, 1.165) is 35.5 Å². The number of aliphatic hydroxyl groups excluding tert-OH is 1. The standard InChI is InChI=1S/C25H22Cl2N2O3S/c26-15-3-1-13(2-4-15)24-29-22(12-33-24)25-9-14(10-25)18(11-25)28-23(31)21-8-19(30)17-7-16(27)5-6-20(17)32-21/h1-7,12,14,18-19,21,30H,8-11H2,(H,28,31)/t14?,18?,19-,21-,25?/m1/s1. The van der Waals surface area contributed by atoms with Gasteiger partial charge in [-0.2, -0.15) is 0 Å². The number of thiazole rings is 1. The summed E-state index contributed by atoms with van der Waals surface area (Å²) in [6.45, 7) is 0. The van der Waals surface area contributed by atoms with Gasteiger partial charge in [0.15, 0.2) is 6.10 Å². The first kappa shape index (κ1) is 21.4. The number of nitrogens with zero attached hydrogens (tertiary/aromatic N) is 1. The van der Waals surface area contributed by atoms with Crippen LogP contribution >= 0.6 is 34.5 Å². The van der Waals surface area contributed by atoms with Crippen molar-refractivity contribution < 1.29 is 14.6 Å². The van der Waals surface area contributed by atoms with E-state index in [4.69, 9.17) is 32.9 Å². The van der Waals surface area contributed by atoms with Gasteiger partial charge in [0.25, 0.3) is 5.91 Å². The topological polar surface area (TPSA) is 71.5 Å². The highest BCUT2D eigenvalue weighted by Gasteiger charge is 2.58. The Morgan fingerprint density at radius 1 is 1.12 bits per heavy atom. The van der Waals surface area contributed by atoms with Crippen molar-refractivity contribution in [3.05, 3.63) is 69.1 Å². The quantitative estimate of drug-likeness (QED) is 0.493. The van der Waals surface area contributed by atoms with Gasteiger partial charge in [-0.15, -0.1) is 11.3 Å². The lowest BCUT2D eigenvalue weighted by Gasteiger charge is -2.37. The second-order valence-corrected chi connectivity index (χ2v) is 11.1. The van der Waals surface area contributed by atoms with Crippen LogP contribution in [-0.2, 0) is 10.2 Å². The van der Waals surface area contributed by atoms with Crippen molar-refractivity contribution in [1.29, 1.82) is 0 Å². The van der Waals surface area contributed by atoms with Crippen molar-refractivity contribution in [1.82, 2.24) is 10.3 Å². The van der Waals surface area contributed by atoms with Gasteiger partial charge >= 0.3 is 0 Å². The van der Waals surface area contributed by atoms with E-state index in [0.29, 0.717) is 27.3 Å². The lowest BCUT2D eigenvalue weighted by atomic mass is 9.68. The summed E-state index contributed by atoms with van der Waals surface area (Å²) in [5.41, 5.74) is 2.87. The Balaban J connectivity index is 1.13. The smallest absolute Gasteiger partial charge is 0.261 e. The predicted octanol–water partition coefficient (Wildman–Crippen LogP) is 5.54. The molecule has 3 saturated carbocycles. The predicted molar refractivity (Wildman–Crippen MR) is 129 cm³/mol. The molecule has 4 aliphatic rings. The largest absolute Gasteiger partial charge is 0.480 e. The van der Waals surface area contributed by atoms with Crippen molar-refractivity contribution in [2.75, 3.05) is 0 Å². The lowest BCUT2D eigenvalue weighted by molar-refractivity contribution is -0.131. The molecule has 0 radical (unpaired) electrons. The summed E-state index contributed by atoms with van der Waals surface area (Å²) in [5.74, 6) is 0.805. The van der Waals surface area contributed by atoms with Crippen molar-refractivity contribution in [3.63, 3.8) is 0 Å². The number of rotatable bonds is 4. The average molecular weight is 501 g/mol. The SMILES string of the molecule is O=C(NC1CC2(c3csc(-c4ccc(Cl)cc4)n3)CC1C2)[C@H]1C[C@@H](O)c2cc(Cl)ccc2O1. The summed E-state index contributed by atoms with van der Waals surface area (Å²) in [5, 5.41) is 18.1. The maximum atomic E-state index is 13.0. The van der Waals surface area contributed by atoms with Gasteiger partial charge in [-0.1, -0.05) is 35.3 Å². The van der Waals surface area contributed by atoms with Crippen LogP contribution < -0.4 is 10.1 Å². The molecular formula is C25H22Cl2N2O3S. The Kier molecular flexibility index (Phi) is 5.18. The molecule has 2 bridgehead atoms. The van der Waals surface area contributed by atoms with Crippen LogP contribution in [0, 0.1) is 5.92 Å². The number of carbonyl (C=O) groups excluding carboxylic acids is 1. The summed E-state index contributed by atoms with van der Waals surface area (Å²) in [4.78, 5) is 17.9. The van der Waals surface area contributed by atoms with Gasteiger partial charge in [0, 0.05) is 44.4 Å². The van der Waals surface area contributed by atoms with Gasteiger partial charge in [0.1, 0.15) is 10.8 Å². The third-order valence-corrected chi connectivity index (χ3v) is 8.66. The van der Waals surface area contributed by atoms with E-state index in [1.54, 1.807) is 29.5 Å². The number of fused-ring (bicyclic) bond motifs is 2. The Morgan fingerprint density at radius 2 is 1.88 bits per heavy atom. The number of carbonyl (C=O) groups is 1. The van der Waals surface area contributed by atoms with Gasteiger partial charge in [-0.05, 0) is 55.5 Å². The Morgan fingerprint density at radius 3 is 2.67 bits per heavy atom. The molecule has 2 aromatic carbocycles. The van der Waals surface area contributed by atoms with Crippen molar-refractivity contribution in [2.24, 2.45) is 5.92 Å². The summed E-state index contributed by atoms with van der Waals surface area (Å²) in [7, 11) is 0. The number of nitrogens with one attached hydrogen (secondary N) is 1. The van der Waals surface area contributed by atoms with Crippen LogP contribution in [0.3, 0.4) is 0 Å². The maximum absolute atomic E-state index is 13.0. The minimum atomic E-state index is -0.770. The molecule has 1 amide bonds. The fourth-order valence-electron chi connectivity index (χ4n) is 5.56. The number of aromatic nitrogens is 1. The van der Waals surface area contributed by atoms with E-state index in [1.807, 2.05) is 24.3 Å². The van der Waals surface area contributed by atoms with Crippen molar-refractivity contribution >= 4 is 40.4 Å². The van der Waals surface area contributed by atoms with Crippen molar-refractivity contribution in [3.8, 4) is 16.3 Å². The number of aliphatic hydroxyl groups is 1. The van der Waals surface area contributed by atoms with E-state index in [9.17, 15) is 9.90 Å². The van der Waals surface area contributed by atoms with Crippen LogP contribution in [0.25, 0.3) is 10.6 Å². The molecule has 7 rings (SSSR count). The second kappa shape index (κ2) is 7.98. The molecule has 1 aliphatic heterocycles. The molecule has 1 aromatic heterocycles. The van der Waals surface area contributed by atoms with E-state index < -0.39 is 12.2 Å². The number of ether oxygens (including phenoxy) is 1. The van der Waals surface area contributed by atoms with Gasteiger partial charge in [0.2, 0.25) is 0 Å². The normalized spacial score (nSPS) is 29.7. The molecule has 0 spiro atoms. The molecule has 3 fully saturated rings. The van der Waals surface area contributed by atoms with Gasteiger partial charge < -0.3 is 15.2 Å². The average Bonchev–Trinajstić information content (AvgIpc) is 3.48. The van der Waals surface area contributed by atoms with Crippen LogP contribution in [-0.4, -0.2) is 28.1 Å². The fraction of sp³-hybridized carbons (Fsp3) is 0.360. The summed E-state index contributed by atoms with van der Waals surface area (Å²) in [6.07, 6.45) is 1.70. The highest BCUT2D eigenvalue weighted by molar-refractivity contribution is 7.13. The summed E-state index contributed by atoms with van der Waals surface area (Å²) < 4.78 is 5.90. The van der Waals surface area contributed by atoms with E-state index in [-0.39, 0.29) is 23.8 Å². The minimum Gasteiger partial charge on any atom is -0.480 e. The van der Waals surface area contributed by atoms with Crippen LogP contribution in [0.1, 0.15) is 43.0 Å². The third kappa shape index (κ3) is 3.73. The highest BCUT2D eigenvalue weighted by atomic mass is 35.5. The highest BCUT2D eigenvalue weighted by Crippen LogP contribution is 2.60. The molecule has 170 valence electrons. The first-order chi connectivity index (χ1) is 15.9. The van der Waals surface area contributed by atoms with E-state index in [1.165, 1.54) is 0 Å². The van der Waals surface area contributed by atoms with Crippen LogP contribution in [0.4, 0.5) is 0 Å². The van der Waals surface area contributed by atoms with Crippen molar-refractivity contribution in [2.45, 2.75) is 49.3 Å². The third-order valence-electron chi connectivity index (χ3n) is 7.28. The first-order valence-electron chi connectivity index (χ1n) is 11.1. The molecular weight excluding hydrogens is 479 g/mol. The monoisotopic (exact) mass is 500 g/mol. The fourth-order valence-corrected chi connectivity index (χ4v) is 6.82. The molecule has 33 heavy (non-hydrogen) atoms. The minimum absolute atomic E-state index is 0.0417. The Labute approximate surface area is 205 Å². The Bertz CT molecular complexity index is 1220. The molecule has 0 saturated heterocycles. The molecule has 2 heterocycles. The Hall–Kier alpha value is -2.12. The lowest BCUT2D eigenvalue weighted by Crippen LogP contribution is -2.46. The zero-order chi connectivity index (χ0) is 22.7. The van der Waals surface area contributed by atoms with E-state index in [2.05, 4.69) is 10.7 Å². The molecule has 5 nitrogen and oxygen atoms in total. The van der Waals surface area contributed by atoms with Gasteiger partial charge in [0.05, 0.1) is 11.8 Å². The van der Waals surface area contributed by atoms with Crippen LogP contribution in [0.2, 0.25) is 10.0 Å². The zero-order valence-corrected chi connectivity index (χ0v) is 20.0. The molecule has 1 unspecified atom stereocenters. The molecule has 2 N–H and O–H groups in total. The number of benzene rings is 2. The zero-order valence-electron chi connectivity index (χ0n) is 17.6. The molecule has 3 atom stereocenters. The van der Waals surface area contributed by atoms with Crippen LogP contribution in [0.15, 0.2) is 47.8 Å². The van der Waals surface area contributed by atoms with Gasteiger partial charge in [-0.3, -0.25) is 4.79 Å². The number of hydrogen-bond acceptors (Lipinski definition) is 5. The molecule has 8 heteroatoms. The van der Waals surface area contributed by atoms with E-state index >= 15 is 0 Å². The summed E-state index contributed by atoms with van der Waals surface area (Å²) in [6, 6.07) is 13.0. The maximum Gasteiger partial charge on any atom is 0.261 e. The molecule has 3 aromatic rings. The van der Waals surface area contributed by atoms with Crippen LogP contribution in [0.5, 0.6) is 5.75 Å². The number of amides is 1. The first-order valence-corrected chi connectivity index (χ1v) is 12.7. The number of halogens is 2.